The number of urea groups is 1. The Kier molecular flexibility index (Phi) is 7.13. The fourth-order valence-electron chi connectivity index (χ4n) is 3.96. The second-order valence-electron chi connectivity index (χ2n) is 7.84. The Hall–Kier alpha value is -2.13. The van der Waals surface area contributed by atoms with Gasteiger partial charge in [0.15, 0.2) is 0 Å². The topological polar surface area (TPSA) is 108 Å². The second-order valence-corrected chi connectivity index (χ2v) is 9.77. The smallest absolute Gasteiger partial charge is 0.315 e. The van der Waals surface area contributed by atoms with Gasteiger partial charge >= 0.3 is 6.03 Å². The van der Waals surface area contributed by atoms with Crippen LogP contribution in [0.4, 0.5) is 10.5 Å². The van der Waals surface area contributed by atoms with Crippen molar-refractivity contribution in [2.75, 3.05) is 18.4 Å². The third-order valence-electron chi connectivity index (χ3n) is 5.54. The summed E-state index contributed by atoms with van der Waals surface area (Å²) in [5, 5.41) is 8.65. The fourth-order valence-corrected chi connectivity index (χ4v) is 5.43. The largest absolute Gasteiger partial charge is 0.335 e. The zero-order chi connectivity index (χ0) is 20.9. The number of carbonyl (C=O) groups is 2. The molecule has 1 aromatic carbocycles. The summed E-state index contributed by atoms with van der Waals surface area (Å²) in [7, 11) is -3.59. The van der Waals surface area contributed by atoms with Crippen molar-refractivity contribution in [3.05, 3.63) is 24.3 Å². The average Bonchev–Trinajstić information content (AvgIpc) is 2.69. The monoisotopic (exact) mass is 422 g/mol. The Balaban J connectivity index is 1.50. The third kappa shape index (κ3) is 5.93. The first-order valence-electron chi connectivity index (χ1n) is 10.3. The van der Waals surface area contributed by atoms with Gasteiger partial charge in [-0.2, -0.15) is 4.31 Å². The van der Waals surface area contributed by atoms with Gasteiger partial charge in [-0.15, -0.1) is 0 Å². The maximum atomic E-state index is 12.9. The minimum absolute atomic E-state index is 0.0211. The van der Waals surface area contributed by atoms with Crippen molar-refractivity contribution in [2.45, 2.75) is 68.8 Å². The number of piperidine rings is 1. The van der Waals surface area contributed by atoms with E-state index in [-0.39, 0.29) is 28.9 Å². The van der Waals surface area contributed by atoms with Crippen LogP contribution in [-0.2, 0) is 14.8 Å². The number of benzene rings is 1. The molecule has 8 nitrogen and oxygen atoms in total. The first kappa shape index (κ1) is 21.6. The molecule has 1 saturated carbocycles. The third-order valence-corrected chi connectivity index (χ3v) is 7.45. The quantitative estimate of drug-likeness (QED) is 0.677. The van der Waals surface area contributed by atoms with Crippen LogP contribution in [-0.4, -0.2) is 49.8 Å². The molecule has 2 aliphatic rings. The molecule has 1 aliphatic carbocycles. The van der Waals surface area contributed by atoms with Crippen LogP contribution in [0.15, 0.2) is 29.2 Å². The van der Waals surface area contributed by atoms with Crippen LogP contribution in [0, 0.1) is 0 Å². The van der Waals surface area contributed by atoms with Crippen LogP contribution in [0.5, 0.6) is 0 Å². The molecule has 0 aromatic heterocycles. The molecule has 3 rings (SSSR count). The Labute approximate surface area is 172 Å². The van der Waals surface area contributed by atoms with Crippen LogP contribution in [0.1, 0.15) is 51.9 Å². The summed E-state index contributed by atoms with van der Waals surface area (Å²) in [6.07, 6.45) is 6.79. The number of hydrogen-bond acceptors (Lipinski definition) is 4. The van der Waals surface area contributed by atoms with Crippen LogP contribution in [0.25, 0.3) is 0 Å². The van der Waals surface area contributed by atoms with Crippen LogP contribution in [0.3, 0.4) is 0 Å². The fraction of sp³-hybridized carbons (Fsp3) is 0.600. The van der Waals surface area contributed by atoms with Crippen LogP contribution in [0.2, 0.25) is 0 Å². The van der Waals surface area contributed by atoms with Gasteiger partial charge in [0, 0.05) is 37.8 Å². The number of nitrogens with one attached hydrogen (secondary N) is 3. The Morgan fingerprint density at radius 3 is 2.00 bits per heavy atom. The van der Waals surface area contributed by atoms with Crippen molar-refractivity contribution < 1.29 is 18.0 Å². The highest BCUT2D eigenvalue weighted by Gasteiger charge is 2.30. The molecule has 1 aromatic rings. The first-order chi connectivity index (χ1) is 13.8. The molecule has 1 aliphatic heterocycles. The molecule has 2 fully saturated rings. The van der Waals surface area contributed by atoms with E-state index >= 15 is 0 Å². The highest BCUT2D eigenvalue weighted by molar-refractivity contribution is 7.89. The average molecular weight is 423 g/mol. The lowest BCUT2D eigenvalue weighted by Crippen LogP contribution is -2.51. The van der Waals surface area contributed by atoms with Gasteiger partial charge < -0.3 is 16.0 Å². The lowest BCUT2D eigenvalue weighted by molar-refractivity contribution is -0.114. The van der Waals surface area contributed by atoms with Crippen molar-refractivity contribution in [1.82, 2.24) is 14.9 Å². The number of carbonyl (C=O) groups excluding carboxylic acids is 2. The van der Waals surface area contributed by atoms with E-state index in [0.29, 0.717) is 31.6 Å². The molecule has 0 bridgehead atoms. The molecule has 0 unspecified atom stereocenters. The normalized spacial score (nSPS) is 19.5. The summed E-state index contributed by atoms with van der Waals surface area (Å²) in [6, 6.07) is 6.25. The Morgan fingerprint density at radius 2 is 1.45 bits per heavy atom. The van der Waals surface area contributed by atoms with Crippen molar-refractivity contribution in [2.24, 2.45) is 0 Å². The SMILES string of the molecule is CC(=O)Nc1ccc(S(=O)(=O)N2CCC(NC(=O)NC3CCCCC3)CC2)cc1. The van der Waals surface area contributed by atoms with Gasteiger partial charge in [0.1, 0.15) is 0 Å². The summed E-state index contributed by atoms with van der Waals surface area (Å²) in [5.74, 6) is -0.206. The van der Waals surface area contributed by atoms with Gasteiger partial charge in [0.05, 0.1) is 4.90 Å². The van der Waals surface area contributed by atoms with Crippen molar-refractivity contribution in [3.63, 3.8) is 0 Å². The molecular weight excluding hydrogens is 392 g/mol. The molecule has 3 amide bonds. The van der Waals surface area contributed by atoms with Gasteiger partial charge in [0.2, 0.25) is 15.9 Å². The summed E-state index contributed by atoms with van der Waals surface area (Å²) in [4.78, 5) is 23.5. The highest BCUT2D eigenvalue weighted by Crippen LogP contribution is 2.22. The van der Waals surface area contributed by atoms with E-state index < -0.39 is 10.0 Å². The van der Waals surface area contributed by atoms with E-state index in [1.54, 1.807) is 12.1 Å². The van der Waals surface area contributed by atoms with Crippen LogP contribution >= 0.6 is 0 Å². The highest BCUT2D eigenvalue weighted by atomic mass is 32.2. The zero-order valence-electron chi connectivity index (χ0n) is 16.8. The van der Waals surface area contributed by atoms with E-state index in [4.69, 9.17) is 0 Å². The van der Waals surface area contributed by atoms with E-state index in [0.717, 1.165) is 25.7 Å². The molecule has 1 saturated heterocycles. The van der Waals surface area contributed by atoms with Crippen molar-refractivity contribution >= 4 is 27.6 Å². The minimum atomic E-state index is -3.59. The van der Waals surface area contributed by atoms with Gasteiger partial charge in [-0.05, 0) is 49.9 Å². The number of anilines is 1. The molecule has 0 atom stereocenters. The number of rotatable bonds is 5. The lowest BCUT2D eigenvalue weighted by atomic mass is 9.96. The maximum absolute atomic E-state index is 12.9. The Morgan fingerprint density at radius 1 is 0.897 bits per heavy atom. The number of sulfonamides is 1. The standard InChI is InChI=1S/C20H30N4O4S/c1-15(25)21-17-7-9-19(10-8-17)29(27,28)24-13-11-18(12-14-24)23-20(26)22-16-5-3-2-4-6-16/h7-10,16,18H,2-6,11-14H2,1H3,(H,21,25)(H2,22,23,26). The predicted octanol–water partition coefficient (Wildman–Crippen LogP) is 2.43. The Bertz CT molecular complexity index is 811. The molecule has 3 N–H and O–H groups in total. The summed E-state index contributed by atoms with van der Waals surface area (Å²) >= 11 is 0. The van der Waals surface area contributed by atoms with Crippen molar-refractivity contribution in [3.8, 4) is 0 Å². The molecular formula is C20H30N4O4S. The van der Waals surface area contributed by atoms with Gasteiger partial charge in [0.25, 0.3) is 0 Å². The molecule has 9 heteroatoms. The second kappa shape index (κ2) is 9.58. The minimum Gasteiger partial charge on any atom is -0.335 e. The van der Waals surface area contributed by atoms with Gasteiger partial charge in [-0.3, -0.25) is 4.79 Å². The first-order valence-corrected chi connectivity index (χ1v) is 11.7. The molecule has 29 heavy (non-hydrogen) atoms. The number of nitrogens with zero attached hydrogens (tertiary/aromatic N) is 1. The zero-order valence-corrected chi connectivity index (χ0v) is 17.6. The molecule has 1 heterocycles. The van der Waals surface area contributed by atoms with Crippen molar-refractivity contribution in [1.29, 1.82) is 0 Å². The molecule has 0 spiro atoms. The van der Waals surface area contributed by atoms with Gasteiger partial charge in [-0.1, -0.05) is 19.3 Å². The van der Waals surface area contributed by atoms with Gasteiger partial charge in [-0.25, -0.2) is 13.2 Å². The van der Waals surface area contributed by atoms with Crippen LogP contribution < -0.4 is 16.0 Å². The summed E-state index contributed by atoms with van der Waals surface area (Å²) in [6.45, 7) is 2.13. The predicted molar refractivity (Wildman–Crippen MR) is 111 cm³/mol. The summed E-state index contributed by atoms with van der Waals surface area (Å²) in [5.41, 5.74) is 0.559. The van der Waals surface area contributed by atoms with E-state index in [1.165, 1.54) is 29.8 Å². The number of amides is 3. The maximum Gasteiger partial charge on any atom is 0.315 e. The molecule has 160 valence electrons. The number of hydrogen-bond donors (Lipinski definition) is 3. The lowest BCUT2D eigenvalue weighted by Gasteiger charge is -2.32. The van der Waals surface area contributed by atoms with E-state index in [2.05, 4.69) is 16.0 Å². The summed E-state index contributed by atoms with van der Waals surface area (Å²) < 4.78 is 27.2. The van der Waals surface area contributed by atoms with E-state index in [1.807, 2.05) is 0 Å². The molecule has 0 radical (unpaired) electrons. The van der Waals surface area contributed by atoms with E-state index in [9.17, 15) is 18.0 Å².